The zero-order valence-corrected chi connectivity index (χ0v) is 10.7. The number of rotatable bonds is 2. The first-order valence-electron chi connectivity index (χ1n) is 5.66. The summed E-state index contributed by atoms with van der Waals surface area (Å²) in [6, 6.07) is 7.25. The van der Waals surface area contributed by atoms with E-state index in [4.69, 9.17) is 11.6 Å². The molecule has 0 bridgehead atoms. The maximum absolute atomic E-state index is 12.0. The quantitative estimate of drug-likeness (QED) is 0.880. The number of hydrogen-bond donors (Lipinski definition) is 1. The van der Waals surface area contributed by atoms with Gasteiger partial charge in [0.05, 0.1) is 0 Å². The van der Waals surface area contributed by atoms with Gasteiger partial charge in [0.25, 0.3) is 0 Å². The minimum atomic E-state index is -0.378. The van der Waals surface area contributed by atoms with E-state index in [1.54, 1.807) is 17.0 Å². The highest BCUT2D eigenvalue weighted by Crippen LogP contribution is 2.39. The van der Waals surface area contributed by atoms with Gasteiger partial charge in [0, 0.05) is 35.2 Å². The molecule has 1 heterocycles. The Morgan fingerprint density at radius 2 is 2.24 bits per heavy atom. The molecular formula is C13H16ClNO2. The molecular weight excluding hydrogens is 238 g/mol. The molecule has 0 radical (unpaired) electrons. The van der Waals surface area contributed by atoms with Gasteiger partial charge in [-0.1, -0.05) is 17.7 Å². The molecule has 1 aliphatic heterocycles. The molecule has 1 aliphatic rings. The third-order valence-electron chi connectivity index (χ3n) is 3.53. The average molecular weight is 254 g/mol. The molecule has 1 aromatic carbocycles. The zero-order chi connectivity index (χ0) is 12.6. The predicted octanol–water partition coefficient (Wildman–Crippen LogP) is 2.46. The second-order valence-electron chi connectivity index (χ2n) is 4.95. The van der Waals surface area contributed by atoms with Crippen molar-refractivity contribution in [3.05, 3.63) is 29.3 Å². The van der Waals surface area contributed by atoms with Crippen molar-refractivity contribution in [1.29, 1.82) is 0 Å². The smallest absolute Gasteiger partial charge is 0.227 e. The Balaban J connectivity index is 2.41. The van der Waals surface area contributed by atoms with Crippen molar-refractivity contribution in [1.82, 2.24) is 0 Å². The third kappa shape index (κ3) is 2.05. The van der Waals surface area contributed by atoms with Crippen LogP contribution in [0, 0.1) is 5.92 Å². The van der Waals surface area contributed by atoms with Gasteiger partial charge in [0.2, 0.25) is 5.91 Å². The summed E-state index contributed by atoms with van der Waals surface area (Å²) in [5, 5.41) is 9.94. The van der Waals surface area contributed by atoms with Crippen LogP contribution in [0.2, 0.25) is 5.02 Å². The first-order valence-corrected chi connectivity index (χ1v) is 6.04. The number of nitrogens with zero attached hydrogens (tertiary/aromatic N) is 1. The van der Waals surface area contributed by atoms with E-state index in [1.807, 2.05) is 26.0 Å². The zero-order valence-electron chi connectivity index (χ0n) is 9.98. The maximum Gasteiger partial charge on any atom is 0.227 e. The van der Waals surface area contributed by atoms with Gasteiger partial charge in [0.1, 0.15) is 0 Å². The first kappa shape index (κ1) is 12.4. The number of anilines is 1. The Morgan fingerprint density at radius 1 is 1.53 bits per heavy atom. The van der Waals surface area contributed by atoms with Crippen molar-refractivity contribution in [3.63, 3.8) is 0 Å². The molecule has 0 spiro atoms. The van der Waals surface area contributed by atoms with Gasteiger partial charge in [-0.15, -0.1) is 0 Å². The molecule has 1 fully saturated rings. The van der Waals surface area contributed by atoms with Crippen LogP contribution < -0.4 is 4.90 Å². The van der Waals surface area contributed by atoms with Crippen molar-refractivity contribution in [2.75, 3.05) is 11.5 Å². The number of halogens is 1. The molecule has 0 saturated carbocycles. The second kappa shape index (κ2) is 4.31. The number of aliphatic hydroxyl groups is 1. The summed E-state index contributed by atoms with van der Waals surface area (Å²) in [5.74, 6) is 0.00491. The Kier molecular flexibility index (Phi) is 3.15. The number of amides is 1. The molecule has 17 heavy (non-hydrogen) atoms. The fourth-order valence-corrected chi connectivity index (χ4v) is 2.62. The SMILES string of the molecule is CC1(C)C(CO)CC(=O)N1c1cccc(Cl)c1. The minimum absolute atomic E-state index is 0.0236. The van der Waals surface area contributed by atoms with Crippen LogP contribution in [0.15, 0.2) is 24.3 Å². The summed E-state index contributed by atoms with van der Waals surface area (Å²) < 4.78 is 0. The van der Waals surface area contributed by atoms with E-state index in [1.165, 1.54) is 0 Å². The summed E-state index contributed by atoms with van der Waals surface area (Å²) in [7, 11) is 0. The van der Waals surface area contributed by atoms with E-state index in [9.17, 15) is 9.90 Å². The third-order valence-corrected chi connectivity index (χ3v) is 3.77. The monoisotopic (exact) mass is 253 g/mol. The number of carbonyl (C=O) groups is 1. The van der Waals surface area contributed by atoms with Crippen LogP contribution in [0.3, 0.4) is 0 Å². The summed E-state index contributed by atoms with van der Waals surface area (Å²) >= 11 is 5.95. The molecule has 1 unspecified atom stereocenters. The fourth-order valence-electron chi connectivity index (χ4n) is 2.44. The topological polar surface area (TPSA) is 40.5 Å². The average Bonchev–Trinajstić information content (AvgIpc) is 2.48. The molecule has 1 atom stereocenters. The number of carbonyl (C=O) groups excluding carboxylic acids is 1. The molecule has 92 valence electrons. The highest BCUT2D eigenvalue weighted by molar-refractivity contribution is 6.30. The summed E-state index contributed by atoms with van der Waals surface area (Å²) in [6.45, 7) is 3.97. The van der Waals surface area contributed by atoms with Gasteiger partial charge in [0.15, 0.2) is 0 Å². The Hall–Kier alpha value is -1.06. The molecule has 1 amide bonds. The van der Waals surface area contributed by atoms with Crippen LogP contribution in [0.25, 0.3) is 0 Å². The highest BCUT2D eigenvalue weighted by atomic mass is 35.5. The Labute approximate surface area is 106 Å². The molecule has 1 saturated heterocycles. The van der Waals surface area contributed by atoms with E-state index in [0.29, 0.717) is 11.4 Å². The normalized spacial score (nSPS) is 23.2. The Morgan fingerprint density at radius 3 is 2.76 bits per heavy atom. The lowest BCUT2D eigenvalue weighted by Gasteiger charge is -2.35. The van der Waals surface area contributed by atoms with Crippen molar-refractivity contribution in [3.8, 4) is 0 Å². The summed E-state index contributed by atoms with van der Waals surface area (Å²) in [5.41, 5.74) is 0.416. The maximum atomic E-state index is 12.0. The number of aliphatic hydroxyl groups excluding tert-OH is 1. The van der Waals surface area contributed by atoms with E-state index < -0.39 is 0 Å². The van der Waals surface area contributed by atoms with Crippen LogP contribution in [0.4, 0.5) is 5.69 Å². The molecule has 1 aromatic rings. The van der Waals surface area contributed by atoms with Crippen LogP contribution in [-0.2, 0) is 4.79 Å². The molecule has 2 rings (SSSR count). The number of hydrogen-bond acceptors (Lipinski definition) is 2. The van der Waals surface area contributed by atoms with E-state index >= 15 is 0 Å². The summed E-state index contributed by atoms with van der Waals surface area (Å²) in [4.78, 5) is 13.8. The molecule has 0 aromatic heterocycles. The van der Waals surface area contributed by atoms with Crippen molar-refractivity contribution in [2.45, 2.75) is 25.8 Å². The van der Waals surface area contributed by atoms with Crippen LogP contribution in [-0.4, -0.2) is 23.2 Å². The molecule has 3 nitrogen and oxygen atoms in total. The van der Waals surface area contributed by atoms with Crippen LogP contribution in [0.5, 0.6) is 0 Å². The van der Waals surface area contributed by atoms with E-state index in [-0.39, 0.29) is 24.0 Å². The first-order chi connectivity index (χ1) is 7.96. The summed E-state index contributed by atoms with van der Waals surface area (Å²) in [6.07, 6.45) is 0.385. The van der Waals surface area contributed by atoms with Gasteiger partial charge in [-0.25, -0.2) is 0 Å². The predicted molar refractivity (Wildman–Crippen MR) is 68.2 cm³/mol. The van der Waals surface area contributed by atoms with E-state index in [2.05, 4.69) is 0 Å². The molecule has 1 N–H and O–H groups in total. The molecule has 4 heteroatoms. The Bertz CT molecular complexity index is 445. The number of benzene rings is 1. The van der Waals surface area contributed by atoms with Crippen LogP contribution in [0.1, 0.15) is 20.3 Å². The minimum Gasteiger partial charge on any atom is -0.396 e. The van der Waals surface area contributed by atoms with Gasteiger partial charge >= 0.3 is 0 Å². The second-order valence-corrected chi connectivity index (χ2v) is 5.38. The van der Waals surface area contributed by atoms with Gasteiger partial charge in [-0.05, 0) is 32.0 Å². The van der Waals surface area contributed by atoms with E-state index in [0.717, 1.165) is 5.69 Å². The standard InChI is InChI=1S/C13H16ClNO2/c1-13(2)9(8-16)6-12(17)15(13)11-5-3-4-10(14)7-11/h3-5,7,9,16H,6,8H2,1-2H3. The fraction of sp³-hybridized carbons (Fsp3) is 0.462. The lowest BCUT2D eigenvalue weighted by molar-refractivity contribution is -0.117. The highest BCUT2D eigenvalue weighted by Gasteiger charge is 2.46. The van der Waals surface area contributed by atoms with Crippen molar-refractivity contribution in [2.24, 2.45) is 5.92 Å². The van der Waals surface area contributed by atoms with Gasteiger partial charge < -0.3 is 10.0 Å². The van der Waals surface area contributed by atoms with Gasteiger partial charge in [-0.3, -0.25) is 4.79 Å². The van der Waals surface area contributed by atoms with Crippen LogP contribution >= 0.6 is 11.6 Å². The van der Waals surface area contributed by atoms with Gasteiger partial charge in [-0.2, -0.15) is 0 Å². The lowest BCUT2D eigenvalue weighted by atomic mass is 9.89. The van der Waals surface area contributed by atoms with Crippen molar-refractivity contribution < 1.29 is 9.90 Å². The van der Waals surface area contributed by atoms with Crippen molar-refractivity contribution >= 4 is 23.2 Å². The molecule has 0 aliphatic carbocycles. The largest absolute Gasteiger partial charge is 0.396 e. The lowest BCUT2D eigenvalue weighted by Crippen LogP contribution is -2.45.